The molecule has 4 nitrogen and oxygen atoms in total. The Labute approximate surface area is 111 Å². The minimum atomic E-state index is 0.403. The van der Waals surface area contributed by atoms with Crippen LogP contribution in [0.3, 0.4) is 0 Å². The fourth-order valence-electron chi connectivity index (χ4n) is 1.56. The van der Waals surface area contributed by atoms with Crippen LogP contribution < -0.4 is 10.6 Å². The minimum absolute atomic E-state index is 0.403. The third kappa shape index (κ3) is 2.90. The van der Waals surface area contributed by atoms with Gasteiger partial charge in [0.2, 0.25) is 5.95 Å². The van der Waals surface area contributed by atoms with Crippen LogP contribution in [-0.4, -0.2) is 17.0 Å². The second-order valence-corrected chi connectivity index (χ2v) is 4.46. The van der Waals surface area contributed by atoms with E-state index in [2.05, 4.69) is 46.6 Å². The number of hydrogen-bond acceptors (Lipinski definition) is 4. The summed E-state index contributed by atoms with van der Waals surface area (Å²) in [6.45, 7) is 4.16. The zero-order chi connectivity index (χ0) is 13.1. The summed E-state index contributed by atoms with van der Waals surface area (Å²) in [6.07, 6.45) is 0. The maximum Gasteiger partial charge on any atom is 0.225 e. The predicted octanol–water partition coefficient (Wildman–Crippen LogP) is 3.53. The molecular formula is C13H15ClN4. The van der Waals surface area contributed by atoms with Gasteiger partial charge in [-0.25, -0.2) is 4.98 Å². The van der Waals surface area contributed by atoms with Crippen molar-refractivity contribution in [3.63, 3.8) is 0 Å². The Hall–Kier alpha value is -1.81. The number of hydrogen-bond donors (Lipinski definition) is 2. The van der Waals surface area contributed by atoms with Crippen molar-refractivity contribution in [2.24, 2.45) is 0 Å². The molecule has 5 heteroatoms. The van der Waals surface area contributed by atoms with Gasteiger partial charge in [0.25, 0.3) is 0 Å². The lowest BCUT2D eigenvalue weighted by atomic mass is 10.1. The molecule has 0 aliphatic heterocycles. The van der Waals surface area contributed by atoms with Crippen molar-refractivity contribution in [1.82, 2.24) is 9.97 Å². The van der Waals surface area contributed by atoms with E-state index in [0.717, 1.165) is 5.69 Å². The number of rotatable bonds is 3. The third-order valence-electron chi connectivity index (χ3n) is 2.70. The molecule has 0 aliphatic carbocycles. The van der Waals surface area contributed by atoms with Gasteiger partial charge in [-0.3, -0.25) is 0 Å². The number of nitrogens with zero attached hydrogens (tertiary/aromatic N) is 2. The molecule has 2 rings (SSSR count). The summed E-state index contributed by atoms with van der Waals surface area (Å²) >= 11 is 5.92. The number of aromatic nitrogens is 2. The van der Waals surface area contributed by atoms with E-state index < -0.39 is 0 Å². The van der Waals surface area contributed by atoms with E-state index >= 15 is 0 Å². The smallest absolute Gasteiger partial charge is 0.225 e. The van der Waals surface area contributed by atoms with Gasteiger partial charge in [-0.1, -0.05) is 17.7 Å². The number of benzene rings is 1. The van der Waals surface area contributed by atoms with E-state index in [9.17, 15) is 0 Å². The monoisotopic (exact) mass is 262 g/mol. The number of nitrogens with one attached hydrogen (secondary N) is 2. The van der Waals surface area contributed by atoms with E-state index in [1.165, 1.54) is 11.1 Å². The molecule has 1 aromatic heterocycles. The highest BCUT2D eigenvalue weighted by molar-refractivity contribution is 6.29. The Morgan fingerprint density at radius 2 is 1.83 bits per heavy atom. The lowest BCUT2D eigenvalue weighted by Crippen LogP contribution is -2.01. The topological polar surface area (TPSA) is 49.8 Å². The molecule has 94 valence electrons. The molecule has 0 amide bonds. The molecule has 18 heavy (non-hydrogen) atoms. The van der Waals surface area contributed by atoms with Gasteiger partial charge in [0, 0.05) is 18.8 Å². The van der Waals surface area contributed by atoms with E-state index in [1.54, 1.807) is 13.1 Å². The van der Waals surface area contributed by atoms with Gasteiger partial charge in [-0.05, 0) is 37.1 Å². The summed E-state index contributed by atoms with van der Waals surface area (Å²) in [4.78, 5) is 8.31. The Morgan fingerprint density at radius 1 is 1.06 bits per heavy atom. The van der Waals surface area contributed by atoms with Gasteiger partial charge in [0.15, 0.2) is 0 Å². The molecule has 0 bridgehead atoms. The molecular weight excluding hydrogens is 248 g/mol. The van der Waals surface area contributed by atoms with Gasteiger partial charge < -0.3 is 10.6 Å². The van der Waals surface area contributed by atoms with Crippen LogP contribution in [0.25, 0.3) is 0 Å². The minimum Gasteiger partial charge on any atom is -0.357 e. The summed E-state index contributed by atoms with van der Waals surface area (Å²) in [5.74, 6) is 1.16. The first-order chi connectivity index (χ1) is 8.58. The number of halogens is 1. The molecule has 0 aliphatic rings. The van der Waals surface area contributed by atoms with Gasteiger partial charge in [0.1, 0.15) is 11.0 Å². The van der Waals surface area contributed by atoms with Crippen LogP contribution in [0.5, 0.6) is 0 Å². The maximum atomic E-state index is 5.92. The molecule has 0 unspecified atom stereocenters. The molecule has 0 fully saturated rings. The lowest BCUT2D eigenvalue weighted by Gasteiger charge is -2.09. The molecule has 1 heterocycles. The molecule has 1 aromatic carbocycles. The molecule has 0 spiro atoms. The van der Waals surface area contributed by atoms with Crippen molar-refractivity contribution < 1.29 is 0 Å². The van der Waals surface area contributed by atoms with Crippen LogP contribution in [0.15, 0.2) is 24.3 Å². The third-order valence-corrected chi connectivity index (χ3v) is 2.89. The zero-order valence-corrected chi connectivity index (χ0v) is 11.3. The van der Waals surface area contributed by atoms with Crippen LogP contribution in [-0.2, 0) is 0 Å². The van der Waals surface area contributed by atoms with Gasteiger partial charge in [-0.2, -0.15) is 4.98 Å². The molecule has 0 saturated heterocycles. The fourth-order valence-corrected chi connectivity index (χ4v) is 1.74. The SMILES string of the molecule is CNc1nc(Cl)cc(Nc2ccc(C)c(C)c2)n1. The largest absolute Gasteiger partial charge is 0.357 e. The highest BCUT2D eigenvalue weighted by Gasteiger charge is 2.03. The zero-order valence-electron chi connectivity index (χ0n) is 10.6. The van der Waals surface area contributed by atoms with Crippen LogP contribution >= 0.6 is 11.6 Å². The maximum absolute atomic E-state index is 5.92. The quantitative estimate of drug-likeness (QED) is 0.831. The second kappa shape index (κ2) is 5.23. The number of anilines is 3. The van der Waals surface area contributed by atoms with E-state index in [4.69, 9.17) is 11.6 Å². The summed E-state index contributed by atoms with van der Waals surface area (Å²) in [5.41, 5.74) is 3.47. The van der Waals surface area contributed by atoms with E-state index in [1.807, 2.05) is 6.07 Å². The van der Waals surface area contributed by atoms with E-state index in [0.29, 0.717) is 16.9 Å². The van der Waals surface area contributed by atoms with Crippen molar-refractivity contribution in [2.75, 3.05) is 17.7 Å². The van der Waals surface area contributed by atoms with Crippen LogP contribution in [0.4, 0.5) is 17.5 Å². The van der Waals surface area contributed by atoms with E-state index in [-0.39, 0.29) is 0 Å². The molecule has 2 N–H and O–H groups in total. The van der Waals surface area contributed by atoms with Gasteiger partial charge in [-0.15, -0.1) is 0 Å². The average Bonchev–Trinajstić information content (AvgIpc) is 2.33. The molecule has 2 aromatic rings. The van der Waals surface area contributed by atoms with Crippen molar-refractivity contribution in [3.8, 4) is 0 Å². The lowest BCUT2D eigenvalue weighted by molar-refractivity contribution is 1.15. The normalized spacial score (nSPS) is 10.2. The van der Waals surface area contributed by atoms with Crippen molar-refractivity contribution >= 4 is 29.1 Å². The van der Waals surface area contributed by atoms with Gasteiger partial charge >= 0.3 is 0 Å². The Morgan fingerprint density at radius 3 is 2.50 bits per heavy atom. The van der Waals surface area contributed by atoms with Crippen molar-refractivity contribution in [1.29, 1.82) is 0 Å². The summed E-state index contributed by atoms with van der Waals surface area (Å²) in [6, 6.07) is 7.85. The van der Waals surface area contributed by atoms with Gasteiger partial charge in [0.05, 0.1) is 0 Å². The Balaban J connectivity index is 2.27. The molecule has 0 radical (unpaired) electrons. The number of aryl methyl sites for hydroxylation is 2. The average molecular weight is 263 g/mol. The van der Waals surface area contributed by atoms with Crippen molar-refractivity contribution in [2.45, 2.75) is 13.8 Å². The highest BCUT2D eigenvalue weighted by Crippen LogP contribution is 2.21. The second-order valence-electron chi connectivity index (χ2n) is 4.07. The summed E-state index contributed by atoms with van der Waals surface area (Å²) in [7, 11) is 1.76. The first kappa shape index (κ1) is 12.6. The van der Waals surface area contributed by atoms with Crippen LogP contribution in [0, 0.1) is 13.8 Å². The molecule has 0 saturated carbocycles. The Kier molecular flexibility index (Phi) is 3.67. The molecule has 0 atom stereocenters. The predicted molar refractivity (Wildman–Crippen MR) is 75.8 cm³/mol. The Bertz CT molecular complexity index is 569. The van der Waals surface area contributed by atoms with Crippen LogP contribution in [0.1, 0.15) is 11.1 Å². The van der Waals surface area contributed by atoms with Crippen LogP contribution in [0.2, 0.25) is 5.15 Å². The van der Waals surface area contributed by atoms with Crippen molar-refractivity contribution in [3.05, 3.63) is 40.5 Å². The highest BCUT2D eigenvalue weighted by atomic mass is 35.5. The standard InChI is InChI=1S/C13H15ClN4/c1-8-4-5-10(6-9(8)2)16-12-7-11(14)17-13(15-3)18-12/h4-7H,1-3H3,(H2,15,16,17,18). The first-order valence-corrected chi connectivity index (χ1v) is 6.03. The first-order valence-electron chi connectivity index (χ1n) is 5.65. The summed E-state index contributed by atoms with van der Waals surface area (Å²) in [5, 5.41) is 6.48. The fraction of sp³-hybridized carbons (Fsp3) is 0.231. The summed E-state index contributed by atoms with van der Waals surface area (Å²) < 4.78 is 0.